The van der Waals surface area contributed by atoms with Crippen LogP contribution in [0.15, 0.2) is 71.5 Å². The number of methoxy groups -OCH3 is 2. The second-order valence-corrected chi connectivity index (χ2v) is 6.82. The molecule has 8 nitrogen and oxygen atoms in total. The van der Waals surface area contributed by atoms with E-state index in [1.54, 1.807) is 48.5 Å². The summed E-state index contributed by atoms with van der Waals surface area (Å²) < 4.78 is 9.90. The number of carbonyl (C=O) groups is 2. The molecule has 0 spiro atoms. The van der Waals surface area contributed by atoms with Gasteiger partial charge in [0.05, 0.1) is 53.9 Å². The van der Waals surface area contributed by atoms with Crippen LogP contribution in [0.25, 0.3) is 0 Å². The number of para-hydroxylation sites is 2. The van der Waals surface area contributed by atoms with Crippen LogP contribution in [0, 0.1) is 22.7 Å². The Hall–Kier alpha value is -4.56. The van der Waals surface area contributed by atoms with E-state index in [4.69, 9.17) is 9.47 Å². The van der Waals surface area contributed by atoms with Crippen molar-refractivity contribution in [3.05, 3.63) is 82.6 Å². The molecule has 2 aromatic rings. The van der Waals surface area contributed by atoms with Crippen molar-refractivity contribution in [2.45, 2.75) is 12.5 Å². The molecule has 3 rings (SSSR count). The van der Waals surface area contributed by atoms with E-state index in [9.17, 15) is 20.1 Å². The van der Waals surface area contributed by atoms with Crippen LogP contribution in [-0.2, 0) is 19.1 Å². The number of carbonyl (C=O) groups excluding carboxylic acids is 2. The maximum absolute atomic E-state index is 12.6. The quantitative estimate of drug-likeness (QED) is 0.672. The zero-order valence-electron chi connectivity index (χ0n) is 17.5. The van der Waals surface area contributed by atoms with Gasteiger partial charge in [0.25, 0.3) is 0 Å². The summed E-state index contributed by atoms with van der Waals surface area (Å²) in [4.78, 5) is 25.2. The number of hydrogen-bond donors (Lipinski definition) is 2. The fourth-order valence-electron chi connectivity index (χ4n) is 3.37. The fraction of sp³-hybridized carbons (Fsp3) is 0.167. The van der Waals surface area contributed by atoms with Crippen LogP contribution < -0.4 is 10.6 Å². The zero-order chi connectivity index (χ0) is 23.1. The van der Waals surface area contributed by atoms with Gasteiger partial charge in [0.15, 0.2) is 0 Å². The first-order chi connectivity index (χ1) is 15.5. The van der Waals surface area contributed by atoms with Crippen LogP contribution in [0.3, 0.4) is 0 Å². The van der Waals surface area contributed by atoms with Gasteiger partial charge in [0, 0.05) is 12.1 Å². The molecule has 0 saturated carbocycles. The highest BCUT2D eigenvalue weighted by Crippen LogP contribution is 2.31. The Morgan fingerprint density at radius 3 is 2.06 bits per heavy atom. The second-order valence-electron chi connectivity index (χ2n) is 6.82. The van der Waals surface area contributed by atoms with Gasteiger partial charge >= 0.3 is 11.9 Å². The lowest BCUT2D eigenvalue weighted by Crippen LogP contribution is -2.33. The molecule has 1 unspecified atom stereocenters. The van der Waals surface area contributed by atoms with Gasteiger partial charge < -0.3 is 20.1 Å². The number of benzene rings is 2. The minimum atomic E-state index is -0.650. The molecule has 32 heavy (non-hydrogen) atoms. The van der Waals surface area contributed by atoms with Crippen LogP contribution in [0.4, 0.5) is 11.4 Å². The van der Waals surface area contributed by atoms with Crippen molar-refractivity contribution in [1.29, 1.82) is 10.5 Å². The average molecular weight is 428 g/mol. The van der Waals surface area contributed by atoms with Gasteiger partial charge in [-0.05, 0) is 30.3 Å². The average Bonchev–Trinajstić information content (AvgIpc) is 2.84. The predicted octanol–water partition coefficient (Wildman–Crippen LogP) is 3.25. The molecular formula is C24H20N4O4. The summed E-state index contributed by atoms with van der Waals surface area (Å²) in [5, 5.41) is 25.0. The van der Waals surface area contributed by atoms with Gasteiger partial charge in [-0.1, -0.05) is 24.3 Å². The minimum Gasteiger partial charge on any atom is -0.466 e. The smallest absolute Gasteiger partial charge is 0.335 e. The maximum atomic E-state index is 12.6. The molecule has 0 amide bonds. The summed E-state index contributed by atoms with van der Waals surface area (Å²) in [6.45, 7) is 0. The van der Waals surface area contributed by atoms with Crippen molar-refractivity contribution < 1.29 is 19.1 Å². The Bertz CT molecular complexity index is 1200. The highest BCUT2D eigenvalue weighted by molar-refractivity contribution is 5.97. The first-order valence-corrected chi connectivity index (χ1v) is 9.65. The SMILES string of the molecule is COC(=O)C1=CC(Nc2ccccc2C#N)=C(C(=O)OC)CC1Nc1ccccc1C#N. The Labute approximate surface area is 185 Å². The number of rotatable bonds is 6. The molecule has 0 saturated heterocycles. The Morgan fingerprint density at radius 2 is 1.47 bits per heavy atom. The number of nitrogens with one attached hydrogen (secondary N) is 2. The Kier molecular flexibility index (Phi) is 6.89. The molecule has 0 aliphatic heterocycles. The molecule has 0 heterocycles. The first-order valence-electron chi connectivity index (χ1n) is 9.65. The number of anilines is 2. The highest BCUT2D eigenvalue weighted by atomic mass is 16.5. The molecule has 0 aromatic heterocycles. The molecule has 1 aliphatic carbocycles. The number of nitrogens with zero attached hydrogens (tertiary/aromatic N) is 2. The summed E-state index contributed by atoms with van der Waals surface area (Å²) in [5.74, 6) is -1.17. The monoisotopic (exact) mass is 428 g/mol. The number of nitriles is 2. The molecule has 8 heteroatoms. The van der Waals surface area contributed by atoms with Gasteiger partial charge in [-0.15, -0.1) is 0 Å². The normalized spacial score (nSPS) is 15.0. The van der Waals surface area contributed by atoms with E-state index < -0.39 is 18.0 Å². The highest BCUT2D eigenvalue weighted by Gasteiger charge is 2.32. The number of ether oxygens (including phenoxy) is 2. The molecule has 2 N–H and O–H groups in total. The van der Waals surface area contributed by atoms with Gasteiger partial charge in [0.1, 0.15) is 12.1 Å². The topological polar surface area (TPSA) is 124 Å². The van der Waals surface area contributed by atoms with Gasteiger partial charge in [0.2, 0.25) is 0 Å². The van der Waals surface area contributed by atoms with Crippen molar-refractivity contribution in [3.63, 3.8) is 0 Å². The Balaban J connectivity index is 2.06. The van der Waals surface area contributed by atoms with Gasteiger partial charge in [-0.3, -0.25) is 0 Å². The summed E-state index contributed by atoms with van der Waals surface area (Å²) in [6, 6.07) is 17.2. The summed E-state index contributed by atoms with van der Waals surface area (Å²) in [6.07, 6.45) is 1.59. The van der Waals surface area contributed by atoms with E-state index in [1.807, 2.05) is 0 Å². The molecular weight excluding hydrogens is 408 g/mol. The molecule has 0 bridgehead atoms. The Morgan fingerprint density at radius 1 is 0.906 bits per heavy atom. The van der Waals surface area contributed by atoms with Crippen LogP contribution in [-0.4, -0.2) is 32.2 Å². The van der Waals surface area contributed by atoms with Crippen molar-refractivity contribution >= 4 is 23.3 Å². The van der Waals surface area contributed by atoms with Gasteiger partial charge in [-0.2, -0.15) is 10.5 Å². The third-order valence-corrected chi connectivity index (χ3v) is 4.96. The van der Waals surface area contributed by atoms with Crippen molar-refractivity contribution in [1.82, 2.24) is 0 Å². The molecule has 1 aliphatic rings. The largest absolute Gasteiger partial charge is 0.466 e. The lowest BCUT2D eigenvalue weighted by Gasteiger charge is -2.28. The zero-order valence-corrected chi connectivity index (χ0v) is 17.5. The van der Waals surface area contributed by atoms with E-state index in [-0.39, 0.29) is 17.6 Å². The van der Waals surface area contributed by atoms with E-state index in [2.05, 4.69) is 22.8 Å². The van der Waals surface area contributed by atoms with Crippen molar-refractivity contribution in [2.24, 2.45) is 0 Å². The fourth-order valence-corrected chi connectivity index (χ4v) is 3.37. The maximum Gasteiger partial charge on any atom is 0.335 e. The van der Waals surface area contributed by atoms with Crippen molar-refractivity contribution in [2.75, 3.05) is 24.9 Å². The summed E-state index contributed by atoms with van der Waals surface area (Å²) >= 11 is 0. The molecule has 0 fully saturated rings. The molecule has 1 atom stereocenters. The van der Waals surface area contributed by atoms with E-state index in [0.29, 0.717) is 28.2 Å². The number of esters is 2. The third-order valence-electron chi connectivity index (χ3n) is 4.96. The number of hydrogen-bond acceptors (Lipinski definition) is 8. The molecule has 0 radical (unpaired) electrons. The molecule has 160 valence electrons. The summed E-state index contributed by atoms with van der Waals surface area (Å²) in [7, 11) is 2.53. The van der Waals surface area contributed by atoms with Crippen molar-refractivity contribution in [3.8, 4) is 12.1 Å². The van der Waals surface area contributed by atoms with Crippen LogP contribution in [0.1, 0.15) is 17.5 Å². The summed E-state index contributed by atoms with van der Waals surface area (Å²) in [5.41, 5.74) is 2.63. The third kappa shape index (κ3) is 4.61. The van der Waals surface area contributed by atoms with E-state index in [1.165, 1.54) is 20.3 Å². The second kappa shape index (κ2) is 9.96. The minimum absolute atomic E-state index is 0.0877. The van der Waals surface area contributed by atoms with Crippen LogP contribution >= 0.6 is 0 Å². The number of allylic oxidation sites excluding steroid dienone is 1. The van der Waals surface area contributed by atoms with Gasteiger partial charge in [-0.25, -0.2) is 9.59 Å². The molecule has 2 aromatic carbocycles. The van der Waals surface area contributed by atoms with Crippen LogP contribution in [0.5, 0.6) is 0 Å². The van der Waals surface area contributed by atoms with E-state index >= 15 is 0 Å². The lowest BCUT2D eigenvalue weighted by atomic mass is 9.90. The standard InChI is InChI=1S/C24H20N4O4/c1-31-23(29)17-11-22(28-20-10-6-4-8-16(20)14-26)18(24(30)32-2)12-21(17)27-19-9-5-3-7-15(19)13-25/h3-11,21,27-28H,12H2,1-2H3. The lowest BCUT2D eigenvalue weighted by molar-refractivity contribution is -0.138. The van der Waals surface area contributed by atoms with E-state index in [0.717, 1.165) is 0 Å². The van der Waals surface area contributed by atoms with Crippen LogP contribution in [0.2, 0.25) is 0 Å². The first kappa shape index (κ1) is 22.1. The predicted molar refractivity (Wildman–Crippen MR) is 117 cm³/mol.